The van der Waals surface area contributed by atoms with Gasteiger partial charge in [0, 0.05) is 17.0 Å². The lowest BCUT2D eigenvalue weighted by Gasteiger charge is -2.17. The number of hydrogen-bond acceptors (Lipinski definition) is 8. The van der Waals surface area contributed by atoms with E-state index in [9.17, 15) is 4.79 Å². The van der Waals surface area contributed by atoms with E-state index in [2.05, 4.69) is 9.97 Å². The third-order valence-corrected chi connectivity index (χ3v) is 5.98. The van der Waals surface area contributed by atoms with Crippen LogP contribution in [0.1, 0.15) is 29.9 Å². The summed E-state index contributed by atoms with van der Waals surface area (Å²) >= 11 is 7.27. The van der Waals surface area contributed by atoms with E-state index in [0.717, 1.165) is 16.9 Å². The number of nitrogens with zero attached hydrogens (tertiary/aromatic N) is 2. The lowest BCUT2D eigenvalue weighted by molar-refractivity contribution is -0.139. The van der Waals surface area contributed by atoms with E-state index < -0.39 is 11.7 Å². The Balaban J connectivity index is 1.66. The Kier molecular flexibility index (Phi) is 5.54. The van der Waals surface area contributed by atoms with Gasteiger partial charge in [0.1, 0.15) is 9.71 Å². The van der Waals surface area contributed by atoms with Gasteiger partial charge in [-0.2, -0.15) is 9.97 Å². The minimum atomic E-state index is -0.615. The number of ether oxygens (including phenoxy) is 3. The molecular weight excluding hydrogens is 428 g/mol. The van der Waals surface area contributed by atoms with Crippen LogP contribution in [0.2, 0.25) is 5.02 Å². The van der Waals surface area contributed by atoms with Gasteiger partial charge in [-0.15, -0.1) is 11.3 Å². The Morgan fingerprint density at radius 3 is 2.87 bits per heavy atom. The van der Waals surface area contributed by atoms with Gasteiger partial charge in [0.2, 0.25) is 0 Å². The number of halogens is 1. The molecule has 8 nitrogen and oxygen atoms in total. The predicted octanol–water partition coefficient (Wildman–Crippen LogP) is 3.61. The van der Waals surface area contributed by atoms with Crippen molar-refractivity contribution in [3.63, 3.8) is 0 Å². The molecule has 0 saturated carbocycles. The van der Waals surface area contributed by atoms with Crippen molar-refractivity contribution >= 4 is 44.7 Å². The Morgan fingerprint density at radius 2 is 2.20 bits per heavy atom. The normalized spacial score (nSPS) is 18.0. The van der Waals surface area contributed by atoms with Crippen molar-refractivity contribution in [3.05, 3.63) is 34.2 Å². The number of fused-ring (bicyclic) bond motifs is 1. The van der Waals surface area contributed by atoms with Crippen molar-refractivity contribution in [1.29, 1.82) is 0 Å². The highest BCUT2D eigenvalue weighted by atomic mass is 35.5. The van der Waals surface area contributed by atoms with E-state index in [1.165, 1.54) is 0 Å². The van der Waals surface area contributed by atoms with Gasteiger partial charge in [0.05, 0.1) is 36.1 Å². The number of rotatable bonds is 6. The van der Waals surface area contributed by atoms with Crippen LogP contribution in [-0.4, -0.2) is 41.0 Å². The molecule has 10 heteroatoms. The first-order valence-electron chi connectivity index (χ1n) is 9.34. The third-order valence-electron chi connectivity index (χ3n) is 4.63. The summed E-state index contributed by atoms with van der Waals surface area (Å²) in [6.45, 7) is 4.60. The van der Waals surface area contributed by atoms with Gasteiger partial charge in [-0.05, 0) is 26.0 Å². The predicted molar refractivity (Wildman–Crippen MR) is 116 cm³/mol. The maximum absolute atomic E-state index is 11.8. The molecule has 1 aromatic carbocycles. The van der Waals surface area contributed by atoms with Crippen LogP contribution in [0.4, 0.5) is 5.69 Å². The Hall–Kier alpha value is -2.46. The zero-order valence-electron chi connectivity index (χ0n) is 16.5. The van der Waals surface area contributed by atoms with Crippen LogP contribution in [0, 0.1) is 0 Å². The van der Waals surface area contributed by atoms with Crippen molar-refractivity contribution in [2.24, 2.45) is 5.73 Å². The number of carbonyl (C=O) groups is 1. The maximum Gasteiger partial charge on any atom is 0.318 e. The fourth-order valence-electron chi connectivity index (χ4n) is 3.28. The van der Waals surface area contributed by atoms with Gasteiger partial charge in [-0.3, -0.25) is 4.79 Å². The first-order chi connectivity index (χ1) is 14.2. The van der Waals surface area contributed by atoms with Gasteiger partial charge in [-0.1, -0.05) is 23.7 Å². The molecule has 30 heavy (non-hydrogen) atoms. The van der Waals surface area contributed by atoms with Gasteiger partial charge in [-0.25, -0.2) is 0 Å². The minimum absolute atomic E-state index is 0.0602. The van der Waals surface area contributed by atoms with E-state index in [0.29, 0.717) is 40.6 Å². The van der Waals surface area contributed by atoms with Crippen LogP contribution in [-0.2, 0) is 9.47 Å². The smallest absolute Gasteiger partial charge is 0.318 e. The Bertz CT molecular complexity index is 1120. The highest BCUT2D eigenvalue weighted by molar-refractivity contribution is 7.21. The molecule has 3 heterocycles. The summed E-state index contributed by atoms with van der Waals surface area (Å²) in [6.07, 6.45) is 0.561. The summed E-state index contributed by atoms with van der Waals surface area (Å²) in [6, 6.07) is 7.36. The number of amides is 1. The second kappa shape index (κ2) is 7.99. The average Bonchev–Trinajstić information content (AvgIpc) is 3.20. The molecule has 0 spiro atoms. The fraction of sp³-hybridized carbons (Fsp3) is 0.350. The van der Waals surface area contributed by atoms with Crippen molar-refractivity contribution in [2.75, 3.05) is 18.9 Å². The summed E-state index contributed by atoms with van der Waals surface area (Å²) in [4.78, 5) is 21.5. The topological polar surface area (TPSA) is 123 Å². The highest BCUT2D eigenvalue weighted by Crippen LogP contribution is 2.39. The number of anilines is 1. The number of benzene rings is 1. The zero-order chi connectivity index (χ0) is 21.5. The van der Waals surface area contributed by atoms with E-state index in [1.807, 2.05) is 26.0 Å². The monoisotopic (exact) mass is 448 g/mol. The molecule has 4 rings (SSSR count). The number of aromatic nitrogens is 2. The van der Waals surface area contributed by atoms with Gasteiger partial charge < -0.3 is 25.7 Å². The van der Waals surface area contributed by atoms with Gasteiger partial charge in [0.15, 0.2) is 5.79 Å². The van der Waals surface area contributed by atoms with Crippen LogP contribution < -0.4 is 16.2 Å². The van der Waals surface area contributed by atoms with Gasteiger partial charge in [0.25, 0.3) is 5.91 Å². The van der Waals surface area contributed by atoms with Crippen molar-refractivity contribution in [2.45, 2.75) is 32.2 Å². The quantitative estimate of drug-likeness (QED) is 0.590. The zero-order valence-corrected chi connectivity index (χ0v) is 18.0. The molecular formula is C20H21ClN4O4S. The SMILES string of the molecule is CC1(C)OCC(CCOc2nc(-c3cccc(Cl)c3)c3c(N)c(C(N)=O)sc3n2)O1. The molecule has 0 radical (unpaired) electrons. The minimum Gasteiger partial charge on any atom is -0.463 e. The number of carbonyl (C=O) groups excluding carboxylic acids is 1. The third kappa shape index (κ3) is 4.20. The molecule has 3 aromatic rings. The molecule has 1 saturated heterocycles. The van der Waals surface area contributed by atoms with Crippen LogP contribution in [0.3, 0.4) is 0 Å². The number of hydrogen-bond donors (Lipinski definition) is 2. The largest absolute Gasteiger partial charge is 0.463 e. The number of primary amides is 1. The molecule has 1 aliphatic rings. The van der Waals surface area contributed by atoms with Crippen LogP contribution in [0.25, 0.3) is 21.5 Å². The van der Waals surface area contributed by atoms with E-state index >= 15 is 0 Å². The maximum atomic E-state index is 11.8. The summed E-state index contributed by atoms with van der Waals surface area (Å²) in [5.74, 6) is -1.20. The molecule has 1 atom stereocenters. The summed E-state index contributed by atoms with van der Waals surface area (Å²) in [5, 5.41) is 1.10. The van der Waals surface area contributed by atoms with Crippen molar-refractivity contribution in [3.8, 4) is 17.3 Å². The van der Waals surface area contributed by atoms with Crippen LogP contribution in [0.15, 0.2) is 24.3 Å². The molecule has 1 amide bonds. The number of nitrogens with two attached hydrogens (primary N) is 2. The van der Waals surface area contributed by atoms with Crippen LogP contribution >= 0.6 is 22.9 Å². The van der Waals surface area contributed by atoms with E-state index in [-0.39, 0.29) is 22.7 Å². The fourth-order valence-corrected chi connectivity index (χ4v) is 4.41. The van der Waals surface area contributed by atoms with E-state index in [4.69, 9.17) is 37.3 Å². The first-order valence-corrected chi connectivity index (χ1v) is 10.5. The molecule has 1 aliphatic heterocycles. The summed E-state index contributed by atoms with van der Waals surface area (Å²) in [5.41, 5.74) is 13.2. The Morgan fingerprint density at radius 1 is 1.40 bits per heavy atom. The lowest BCUT2D eigenvalue weighted by Crippen LogP contribution is -2.22. The van der Waals surface area contributed by atoms with Gasteiger partial charge >= 0.3 is 6.01 Å². The summed E-state index contributed by atoms with van der Waals surface area (Å²) in [7, 11) is 0. The lowest BCUT2D eigenvalue weighted by atomic mass is 10.1. The highest BCUT2D eigenvalue weighted by Gasteiger charge is 2.32. The van der Waals surface area contributed by atoms with Crippen LogP contribution in [0.5, 0.6) is 6.01 Å². The van der Waals surface area contributed by atoms with Crippen molar-refractivity contribution < 1.29 is 19.0 Å². The molecule has 1 fully saturated rings. The Labute approximate surface area is 182 Å². The molecule has 158 valence electrons. The second-order valence-corrected chi connectivity index (χ2v) is 8.78. The van der Waals surface area contributed by atoms with E-state index in [1.54, 1.807) is 12.1 Å². The second-order valence-electron chi connectivity index (χ2n) is 7.34. The first kappa shape index (κ1) is 20.8. The molecule has 4 N–H and O–H groups in total. The number of nitrogen functional groups attached to an aromatic ring is 1. The van der Waals surface area contributed by atoms with Crippen molar-refractivity contribution in [1.82, 2.24) is 9.97 Å². The molecule has 0 aliphatic carbocycles. The summed E-state index contributed by atoms with van der Waals surface area (Å²) < 4.78 is 17.2. The standard InChI is InChI=1S/C20H21ClN4O4S/c1-20(2)28-9-12(29-20)6-7-27-19-24-15(10-4-3-5-11(21)8-10)13-14(22)16(17(23)26)30-18(13)25-19/h3-5,8,12H,6-7,9,22H2,1-2H3,(H2,23,26). The molecule has 0 bridgehead atoms. The molecule has 1 unspecified atom stereocenters. The number of thiophene rings is 1. The average molecular weight is 449 g/mol. The molecule has 2 aromatic heterocycles.